The van der Waals surface area contributed by atoms with E-state index in [1.165, 1.54) is 12.1 Å². The largest absolute Gasteiger partial charge is 0.435 e. The summed E-state index contributed by atoms with van der Waals surface area (Å²) in [7, 11) is -4.22. The zero-order valence-corrected chi connectivity index (χ0v) is 18.2. The number of aromatic nitrogens is 2. The van der Waals surface area contributed by atoms with Crippen molar-refractivity contribution in [1.29, 1.82) is 0 Å². The monoisotopic (exact) mass is 558 g/mol. The van der Waals surface area contributed by atoms with E-state index in [0.29, 0.717) is 33.4 Å². The molecule has 0 aliphatic rings. The molecular weight excluding hydrogens is 551 g/mol. The van der Waals surface area contributed by atoms with E-state index in [2.05, 4.69) is 37.0 Å². The average molecular weight is 560 g/mol. The predicted molar refractivity (Wildman–Crippen MR) is 102 cm³/mol. The molecule has 12 heteroatoms. The Morgan fingerprint density at radius 3 is 2.03 bits per heavy atom. The van der Waals surface area contributed by atoms with Crippen molar-refractivity contribution in [2.75, 3.05) is 6.26 Å². The van der Waals surface area contributed by atoms with E-state index >= 15 is 0 Å². The lowest BCUT2D eigenvalue weighted by atomic mass is 10.1. The lowest BCUT2D eigenvalue weighted by molar-refractivity contribution is -0.141. The van der Waals surface area contributed by atoms with Gasteiger partial charge in [0.1, 0.15) is 16.5 Å². The summed E-state index contributed by atoms with van der Waals surface area (Å²) >= 11 is 6.46. The molecule has 0 amide bonds. The van der Waals surface area contributed by atoms with Crippen LogP contribution in [0.25, 0.3) is 16.9 Å². The fraction of sp³-hybridized carbons (Fsp3) is 0.118. The second-order valence-corrected chi connectivity index (χ2v) is 9.63. The predicted octanol–water partition coefficient (Wildman–Crippen LogP) is 5.76. The minimum absolute atomic E-state index is 0.179. The summed E-state index contributed by atoms with van der Waals surface area (Å²) in [6, 6.07) is 6.39. The van der Waals surface area contributed by atoms with E-state index in [0.717, 1.165) is 4.68 Å². The molecule has 0 N–H and O–H groups in total. The van der Waals surface area contributed by atoms with Crippen LogP contribution in [-0.2, 0) is 16.0 Å². The summed E-state index contributed by atoms with van der Waals surface area (Å²) in [5, 5.41) is 3.52. The fourth-order valence-electron chi connectivity index (χ4n) is 2.60. The Balaban J connectivity index is 2.29. The molecule has 0 atom stereocenters. The van der Waals surface area contributed by atoms with Crippen LogP contribution in [-0.4, -0.2) is 24.5 Å². The maximum absolute atomic E-state index is 14.3. The molecule has 154 valence electrons. The van der Waals surface area contributed by atoms with Crippen LogP contribution in [0.15, 0.2) is 50.2 Å². The summed E-state index contributed by atoms with van der Waals surface area (Å²) in [5.74, 6) is -2.83. The van der Waals surface area contributed by atoms with Crippen LogP contribution in [0.2, 0.25) is 0 Å². The summed E-state index contributed by atoms with van der Waals surface area (Å²) in [6.07, 6.45) is -4.18. The molecule has 0 aliphatic carbocycles. The number of nitrogens with zero attached hydrogens (tertiary/aromatic N) is 2. The molecule has 1 aromatic heterocycles. The van der Waals surface area contributed by atoms with Gasteiger partial charge >= 0.3 is 6.18 Å². The van der Waals surface area contributed by atoms with Crippen LogP contribution in [0, 0.1) is 11.6 Å². The van der Waals surface area contributed by atoms with E-state index in [1.807, 2.05) is 0 Å². The molecule has 1 heterocycles. The molecule has 0 radical (unpaired) electrons. The molecule has 0 bridgehead atoms. The molecule has 0 saturated carbocycles. The molecule has 0 aliphatic heterocycles. The van der Waals surface area contributed by atoms with Crippen molar-refractivity contribution in [2.24, 2.45) is 0 Å². The van der Waals surface area contributed by atoms with Crippen LogP contribution in [0.4, 0.5) is 22.0 Å². The maximum Gasteiger partial charge on any atom is 0.435 e. The zero-order chi connectivity index (χ0) is 21.7. The normalized spacial score (nSPS) is 12.4. The molecule has 2 aromatic carbocycles. The minimum atomic E-state index is -4.81. The third-order valence-corrected chi connectivity index (χ3v) is 6.82. The van der Waals surface area contributed by atoms with Crippen molar-refractivity contribution in [2.45, 2.75) is 11.1 Å². The van der Waals surface area contributed by atoms with E-state index in [9.17, 15) is 30.4 Å². The molecule has 29 heavy (non-hydrogen) atoms. The number of hydrogen-bond donors (Lipinski definition) is 0. The second-order valence-electron chi connectivity index (χ2n) is 5.96. The Kier molecular flexibility index (Phi) is 5.65. The fourth-order valence-corrected chi connectivity index (χ4v) is 4.04. The van der Waals surface area contributed by atoms with Gasteiger partial charge in [0.25, 0.3) is 0 Å². The van der Waals surface area contributed by atoms with Crippen molar-refractivity contribution in [3.63, 3.8) is 0 Å². The zero-order valence-electron chi connectivity index (χ0n) is 14.2. The third kappa shape index (κ3) is 4.38. The van der Waals surface area contributed by atoms with Gasteiger partial charge in [-0.2, -0.15) is 18.3 Å². The maximum atomic E-state index is 14.3. The lowest BCUT2D eigenvalue weighted by Crippen LogP contribution is -2.07. The minimum Gasteiger partial charge on any atom is -0.232 e. The topological polar surface area (TPSA) is 52.0 Å². The lowest BCUT2D eigenvalue weighted by Gasteiger charge is -2.11. The molecule has 0 unspecified atom stereocenters. The van der Waals surface area contributed by atoms with Crippen molar-refractivity contribution in [3.8, 4) is 16.9 Å². The van der Waals surface area contributed by atoms with Crippen molar-refractivity contribution < 1.29 is 30.4 Å². The highest BCUT2D eigenvalue weighted by atomic mass is 79.9. The first-order valence-electron chi connectivity index (χ1n) is 7.61. The van der Waals surface area contributed by atoms with E-state index in [-0.39, 0.29) is 16.9 Å². The highest BCUT2D eigenvalue weighted by molar-refractivity contribution is 9.13. The van der Waals surface area contributed by atoms with E-state index in [4.69, 9.17) is 0 Å². The number of alkyl halides is 3. The molecule has 3 rings (SSSR count). The van der Waals surface area contributed by atoms with Gasteiger partial charge in [0.05, 0.1) is 11.4 Å². The number of rotatable bonds is 3. The van der Waals surface area contributed by atoms with Crippen molar-refractivity contribution >= 4 is 41.7 Å². The van der Waals surface area contributed by atoms with Gasteiger partial charge in [-0.1, -0.05) is 0 Å². The number of hydrogen-bond acceptors (Lipinski definition) is 3. The summed E-state index contributed by atoms with van der Waals surface area (Å²) < 4.78 is 93.4. The first-order valence-corrected chi connectivity index (χ1v) is 11.1. The summed E-state index contributed by atoms with van der Waals surface area (Å²) in [5.41, 5.74) is -1.68. The standard InChI is InChI=1S/C17H9Br2F5N2O2S/c1-29(27,28)16-12(20)4-8(5-13(16)21)14-7-15(17(22,23)24)25-26(14)9-2-3-10(18)11(19)6-9/h2-7H,1H3. The Morgan fingerprint density at radius 2 is 1.55 bits per heavy atom. The van der Waals surface area contributed by atoms with Gasteiger partial charge in [0.2, 0.25) is 0 Å². The van der Waals surface area contributed by atoms with E-state index in [1.54, 1.807) is 6.07 Å². The van der Waals surface area contributed by atoms with Crippen LogP contribution < -0.4 is 0 Å². The van der Waals surface area contributed by atoms with Crippen LogP contribution in [0.1, 0.15) is 5.69 Å². The highest BCUT2D eigenvalue weighted by Gasteiger charge is 2.35. The Morgan fingerprint density at radius 1 is 0.966 bits per heavy atom. The van der Waals surface area contributed by atoms with Gasteiger partial charge in [-0.15, -0.1) is 0 Å². The quantitative estimate of drug-likeness (QED) is 0.383. The van der Waals surface area contributed by atoms with Gasteiger partial charge in [-0.25, -0.2) is 21.9 Å². The molecule has 0 spiro atoms. The van der Waals surface area contributed by atoms with Crippen molar-refractivity contribution in [3.05, 3.63) is 62.7 Å². The molecule has 3 aromatic rings. The van der Waals surface area contributed by atoms with Gasteiger partial charge < -0.3 is 0 Å². The molecule has 0 fully saturated rings. The molecule has 4 nitrogen and oxygen atoms in total. The average Bonchev–Trinajstić information content (AvgIpc) is 3.01. The van der Waals surface area contributed by atoms with Gasteiger partial charge in [-0.05, 0) is 68.3 Å². The van der Waals surface area contributed by atoms with Crippen LogP contribution in [0.3, 0.4) is 0 Å². The summed E-state index contributed by atoms with van der Waals surface area (Å²) in [6.45, 7) is 0. The second kappa shape index (κ2) is 7.47. The van der Waals surface area contributed by atoms with Crippen LogP contribution in [0.5, 0.6) is 0 Å². The number of halogens is 7. The first kappa shape index (κ1) is 21.9. The SMILES string of the molecule is CS(=O)(=O)c1c(F)cc(-c2cc(C(F)(F)F)nn2-c2ccc(Br)c(Br)c2)cc1F. The Bertz CT molecular complexity index is 1200. The Labute approximate surface area is 178 Å². The summed E-state index contributed by atoms with van der Waals surface area (Å²) in [4.78, 5) is -1.16. The first-order chi connectivity index (χ1) is 13.3. The van der Waals surface area contributed by atoms with Gasteiger partial charge in [0, 0.05) is 20.8 Å². The molecular formula is C17H9Br2F5N2O2S. The van der Waals surface area contributed by atoms with E-state index < -0.39 is 38.2 Å². The van der Waals surface area contributed by atoms with Crippen LogP contribution >= 0.6 is 31.9 Å². The number of benzene rings is 2. The van der Waals surface area contributed by atoms with Gasteiger partial charge in [-0.3, -0.25) is 0 Å². The third-order valence-electron chi connectivity index (χ3n) is 3.81. The number of sulfone groups is 1. The highest BCUT2D eigenvalue weighted by Crippen LogP contribution is 2.35. The smallest absolute Gasteiger partial charge is 0.232 e. The van der Waals surface area contributed by atoms with Gasteiger partial charge in [0.15, 0.2) is 15.5 Å². The Hall–Kier alpha value is -1.79. The van der Waals surface area contributed by atoms with Crippen molar-refractivity contribution in [1.82, 2.24) is 9.78 Å². The molecule has 0 saturated heterocycles.